The summed E-state index contributed by atoms with van der Waals surface area (Å²) < 4.78 is 132. The molecule has 0 aromatic heterocycles. The number of sulfone groups is 2. The molecule has 18 heteroatoms. The lowest BCUT2D eigenvalue weighted by atomic mass is 10.0. The summed E-state index contributed by atoms with van der Waals surface area (Å²) >= 11 is 0. The number of methoxy groups -OCH3 is 4. The third-order valence-electron chi connectivity index (χ3n) is 7.75. The molecule has 0 N–H and O–H groups in total. The fourth-order valence-corrected chi connectivity index (χ4v) is 14.3. The van der Waals surface area contributed by atoms with Crippen LogP contribution in [0.4, 0.5) is 0 Å². The Morgan fingerprint density at radius 3 is 1.14 bits per heavy atom. The molecule has 3 aliphatic rings. The lowest BCUT2D eigenvalue weighted by Gasteiger charge is -2.49. The van der Waals surface area contributed by atoms with E-state index >= 15 is 0 Å². The van der Waals surface area contributed by atoms with E-state index < -0.39 is 86.9 Å². The molecule has 14 nitrogen and oxygen atoms in total. The van der Waals surface area contributed by atoms with E-state index in [1.165, 1.54) is 64.8 Å². The fourth-order valence-electron chi connectivity index (χ4n) is 6.00. The molecule has 42 heavy (non-hydrogen) atoms. The second-order valence-electron chi connectivity index (χ2n) is 10.1. The van der Waals surface area contributed by atoms with Crippen LogP contribution < -0.4 is 18.9 Å². The highest BCUT2D eigenvalue weighted by Crippen LogP contribution is 2.45. The van der Waals surface area contributed by atoms with Crippen LogP contribution in [-0.2, 0) is 39.7 Å². The first kappa shape index (κ1) is 30.8. The maximum Gasteiger partial charge on any atom is 0.247 e. The van der Waals surface area contributed by atoms with Gasteiger partial charge in [-0.15, -0.1) is 0 Å². The van der Waals surface area contributed by atoms with E-state index in [4.69, 9.17) is 18.9 Å². The minimum absolute atomic E-state index is 0.0817. The lowest BCUT2D eigenvalue weighted by molar-refractivity contribution is 0.0838. The van der Waals surface area contributed by atoms with Crippen molar-refractivity contribution in [1.82, 2.24) is 8.61 Å². The number of benzene rings is 2. The molecule has 3 saturated heterocycles. The highest BCUT2D eigenvalue weighted by molar-refractivity contribution is 7.93. The molecule has 232 valence electrons. The Hall–Kier alpha value is -2.64. The monoisotopic (exact) mass is 666 g/mol. The molecule has 3 heterocycles. The largest absolute Gasteiger partial charge is 0.497 e. The van der Waals surface area contributed by atoms with Crippen LogP contribution in [0, 0.1) is 0 Å². The average Bonchev–Trinajstić information content (AvgIpc) is 3.42. The van der Waals surface area contributed by atoms with Gasteiger partial charge in [-0.05, 0) is 24.3 Å². The van der Waals surface area contributed by atoms with Gasteiger partial charge in [-0.3, -0.25) is 0 Å². The van der Waals surface area contributed by atoms with Gasteiger partial charge in [0, 0.05) is 12.1 Å². The number of piperazine rings is 1. The summed E-state index contributed by atoms with van der Waals surface area (Å²) in [4.78, 5) is -0.748. The second kappa shape index (κ2) is 10.5. The van der Waals surface area contributed by atoms with Crippen molar-refractivity contribution in [3.8, 4) is 23.0 Å². The summed E-state index contributed by atoms with van der Waals surface area (Å²) in [7, 11) is -12.1. The quantitative estimate of drug-likeness (QED) is 0.361. The van der Waals surface area contributed by atoms with Gasteiger partial charge in [0.15, 0.2) is 19.7 Å². The Morgan fingerprint density at radius 1 is 0.571 bits per heavy atom. The summed E-state index contributed by atoms with van der Waals surface area (Å²) in [5.41, 5.74) is 0. The van der Waals surface area contributed by atoms with Crippen molar-refractivity contribution in [3.63, 3.8) is 0 Å². The zero-order chi connectivity index (χ0) is 30.8. The van der Waals surface area contributed by atoms with Crippen LogP contribution in [0.1, 0.15) is 0 Å². The lowest BCUT2D eigenvalue weighted by Crippen LogP contribution is -2.69. The molecule has 0 saturated carbocycles. The van der Waals surface area contributed by atoms with Crippen molar-refractivity contribution in [2.24, 2.45) is 0 Å². The van der Waals surface area contributed by atoms with E-state index in [-0.39, 0.29) is 32.8 Å². The third-order valence-corrected chi connectivity index (χ3v) is 15.1. The van der Waals surface area contributed by atoms with Gasteiger partial charge in [0.2, 0.25) is 20.0 Å². The molecular weight excluding hydrogens is 637 g/mol. The van der Waals surface area contributed by atoms with Crippen molar-refractivity contribution < 1.29 is 52.6 Å². The molecule has 2 aromatic rings. The molecule has 0 radical (unpaired) electrons. The number of ether oxygens (including phenoxy) is 4. The van der Waals surface area contributed by atoms with Crippen LogP contribution in [0.25, 0.3) is 0 Å². The normalized spacial score (nSPS) is 27.1. The van der Waals surface area contributed by atoms with Crippen molar-refractivity contribution in [1.29, 1.82) is 0 Å². The molecule has 3 aliphatic heterocycles. The molecule has 0 spiro atoms. The van der Waals surface area contributed by atoms with Gasteiger partial charge in [0.1, 0.15) is 32.8 Å². The van der Waals surface area contributed by atoms with Gasteiger partial charge in [-0.1, -0.05) is 0 Å². The number of nitrogens with zero attached hydrogens (tertiary/aromatic N) is 2. The summed E-state index contributed by atoms with van der Waals surface area (Å²) in [6.07, 6.45) is 0. The predicted molar refractivity (Wildman–Crippen MR) is 150 cm³/mol. The van der Waals surface area contributed by atoms with Crippen LogP contribution >= 0.6 is 0 Å². The summed E-state index contributed by atoms with van der Waals surface area (Å²) in [5, 5.41) is 0. The fraction of sp³-hybridized carbons (Fsp3) is 0.500. The highest BCUT2D eigenvalue weighted by atomic mass is 32.2. The highest BCUT2D eigenvalue weighted by Gasteiger charge is 2.64. The minimum atomic E-state index is -4.67. The van der Waals surface area contributed by atoms with Crippen LogP contribution in [-0.4, -0.2) is 118 Å². The predicted octanol–water partition coefficient (Wildman–Crippen LogP) is -0.253. The Kier molecular flexibility index (Phi) is 7.71. The second-order valence-corrected chi connectivity index (χ2v) is 18.1. The first-order chi connectivity index (χ1) is 19.6. The minimum Gasteiger partial charge on any atom is -0.497 e. The van der Waals surface area contributed by atoms with Gasteiger partial charge in [-0.25, -0.2) is 33.7 Å². The number of hydrogen-bond acceptors (Lipinski definition) is 12. The first-order valence-corrected chi connectivity index (χ1v) is 19.0. The first-order valence-electron chi connectivity index (χ1n) is 12.5. The van der Waals surface area contributed by atoms with Gasteiger partial charge in [0.25, 0.3) is 0 Å². The molecule has 0 bridgehead atoms. The molecule has 2 aromatic carbocycles. The molecule has 3 fully saturated rings. The Bertz CT molecular complexity index is 1670. The van der Waals surface area contributed by atoms with Gasteiger partial charge in [0.05, 0.1) is 75.6 Å². The van der Waals surface area contributed by atoms with Crippen molar-refractivity contribution >= 4 is 39.7 Å². The summed E-state index contributed by atoms with van der Waals surface area (Å²) in [6, 6.07) is 2.29. The van der Waals surface area contributed by atoms with Gasteiger partial charge in [-0.2, -0.15) is 8.61 Å². The van der Waals surface area contributed by atoms with E-state index in [0.29, 0.717) is 0 Å². The molecule has 0 unspecified atom stereocenters. The van der Waals surface area contributed by atoms with E-state index in [2.05, 4.69) is 0 Å². The molecule has 5 rings (SSSR count). The number of hydrogen-bond donors (Lipinski definition) is 0. The summed E-state index contributed by atoms with van der Waals surface area (Å²) in [6.45, 7) is 0. The maximum atomic E-state index is 14.3. The Balaban J connectivity index is 1.74. The van der Waals surface area contributed by atoms with Crippen LogP contribution in [0.3, 0.4) is 0 Å². The molecular formula is C24H30N2O12S4. The van der Waals surface area contributed by atoms with Crippen LogP contribution in [0.15, 0.2) is 46.2 Å². The van der Waals surface area contributed by atoms with Crippen molar-refractivity contribution in [2.75, 3.05) is 51.5 Å². The zero-order valence-corrected chi connectivity index (χ0v) is 26.3. The average molecular weight is 667 g/mol. The molecule has 0 amide bonds. The SMILES string of the molecule is COc1ccc(OC)c(S(=O)(=O)N2[C@@H]3CS(=O)(=O)C[C@@H]3N(S(=O)(=O)c3cc(OC)ccc3OC)[C@H]3CS(=O)(=O)C[C@@H]32)c1. The van der Waals surface area contributed by atoms with Gasteiger partial charge < -0.3 is 18.9 Å². The van der Waals surface area contributed by atoms with Crippen LogP contribution in [0.2, 0.25) is 0 Å². The molecule has 4 atom stereocenters. The van der Waals surface area contributed by atoms with E-state index in [1.54, 1.807) is 0 Å². The zero-order valence-electron chi connectivity index (χ0n) is 23.0. The van der Waals surface area contributed by atoms with Crippen LogP contribution in [0.5, 0.6) is 23.0 Å². The maximum absolute atomic E-state index is 14.3. The van der Waals surface area contributed by atoms with Gasteiger partial charge >= 0.3 is 0 Å². The van der Waals surface area contributed by atoms with Crippen molar-refractivity contribution in [2.45, 2.75) is 34.0 Å². The third kappa shape index (κ3) is 5.00. The van der Waals surface area contributed by atoms with Crippen molar-refractivity contribution in [3.05, 3.63) is 36.4 Å². The van der Waals surface area contributed by atoms with E-state index in [1.807, 2.05) is 0 Å². The Labute approximate surface area is 245 Å². The Morgan fingerprint density at radius 2 is 0.881 bits per heavy atom. The standard InChI is InChI=1S/C24H30N2O12S4/c1-35-15-5-7-21(37-3)23(9-15)41(31,32)25-17-11-39(27,28)13-19(17)26(20-14-40(29,30)12-18(20)25)42(33,34)24-10-16(36-2)6-8-22(24)38-4/h5-10,17-20H,11-14H2,1-4H3/t17-,18-,19-,20+/m0/s1. The summed E-state index contributed by atoms with van der Waals surface area (Å²) in [5.74, 6) is -2.70. The number of rotatable bonds is 8. The topological polar surface area (TPSA) is 180 Å². The number of sulfonamides is 2. The van der Waals surface area contributed by atoms with E-state index in [9.17, 15) is 33.7 Å². The molecule has 0 aliphatic carbocycles. The van der Waals surface area contributed by atoms with E-state index in [0.717, 1.165) is 8.61 Å². The number of fused-ring (bicyclic) bond motifs is 2. The smallest absolute Gasteiger partial charge is 0.247 e.